The van der Waals surface area contributed by atoms with E-state index in [-0.39, 0.29) is 56.5 Å². The second-order valence-electron chi connectivity index (χ2n) is 19.1. The molecule has 4 aliphatic heterocycles. The van der Waals surface area contributed by atoms with Crippen molar-refractivity contribution in [2.45, 2.75) is 146 Å². The Balaban J connectivity index is 0.905. The van der Waals surface area contributed by atoms with Gasteiger partial charge in [0.05, 0.1) is 24.9 Å². The summed E-state index contributed by atoms with van der Waals surface area (Å²) in [4.78, 5) is 47.7. The number of nitrogens with one attached hydrogen (secondary N) is 2. The van der Waals surface area contributed by atoms with Crippen LogP contribution in [0.5, 0.6) is 0 Å². The number of hydrogen-bond donors (Lipinski definition) is 3. The van der Waals surface area contributed by atoms with Crippen molar-refractivity contribution in [3.05, 3.63) is 41.0 Å². The Bertz CT molecular complexity index is 1740. The standard InChI is InChI=1S/C43H57N3O9/c1-40(2)21-29-26(8-13-32-41(3,52-32)16-14-30(29)40)20-24-4-6-25(7-5-24)23-46-36-38(49)51-31-22-42(36,39(50)45-17-15-33(48)44-18-19-47)37(55-46)35-34(31)53-43(54-35,27-9-10-27)28-11-12-28/h4-7,20,27-32,34-37,47H,8-19,21-23H2,1-3H3,(H,44,48)(H,45,50). The van der Waals surface area contributed by atoms with E-state index in [0.717, 1.165) is 56.1 Å². The number of rotatable bonds is 11. The fraction of sp³-hybridized carbons (Fsp3) is 0.744. The summed E-state index contributed by atoms with van der Waals surface area (Å²) in [5.74, 6) is 0.0242. The number of aliphatic hydroxyl groups excluding tert-OH is 1. The number of aliphatic hydroxyl groups is 1. The summed E-state index contributed by atoms with van der Waals surface area (Å²) in [5.41, 5.74) is 2.76. The quantitative estimate of drug-likeness (QED) is 0.222. The molecule has 5 saturated carbocycles. The molecule has 5 aliphatic carbocycles. The number of fused-ring (bicyclic) bond motifs is 6. The van der Waals surface area contributed by atoms with Gasteiger partial charge in [-0.1, -0.05) is 49.8 Å². The van der Waals surface area contributed by atoms with Gasteiger partial charge in [-0.2, -0.15) is 5.06 Å². The van der Waals surface area contributed by atoms with Crippen LogP contribution >= 0.6 is 0 Å². The molecular weight excluding hydrogens is 702 g/mol. The minimum Gasteiger partial charge on any atom is -0.458 e. The van der Waals surface area contributed by atoms with Crippen LogP contribution in [0.4, 0.5) is 0 Å². The largest absolute Gasteiger partial charge is 0.458 e. The van der Waals surface area contributed by atoms with Crippen molar-refractivity contribution in [2.24, 2.45) is 34.5 Å². The molecule has 10 atom stereocenters. The summed E-state index contributed by atoms with van der Waals surface area (Å²) in [7, 11) is 0. The molecule has 2 bridgehead atoms. The van der Waals surface area contributed by atoms with Crippen LogP contribution in [0.3, 0.4) is 0 Å². The normalized spacial score (nSPS) is 41.4. The third-order valence-electron chi connectivity index (χ3n) is 15.0. The minimum atomic E-state index is -1.29. The van der Waals surface area contributed by atoms with E-state index < -0.39 is 47.6 Å². The first-order valence-electron chi connectivity index (χ1n) is 21.1. The summed E-state index contributed by atoms with van der Waals surface area (Å²) in [6, 6.07) is 7.49. The van der Waals surface area contributed by atoms with E-state index in [1.807, 2.05) is 0 Å². The molecule has 1 aromatic carbocycles. The molecule has 4 heterocycles. The van der Waals surface area contributed by atoms with Gasteiger partial charge in [-0.3, -0.25) is 19.2 Å². The van der Waals surface area contributed by atoms with Crippen LogP contribution in [0.1, 0.15) is 103 Å². The maximum Gasteiger partial charge on any atom is 0.327 e. The van der Waals surface area contributed by atoms with Gasteiger partial charge in [0.1, 0.15) is 29.8 Å². The van der Waals surface area contributed by atoms with Gasteiger partial charge in [0, 0.05) is 37.8 Å². The first-order valence-corrected chi connectivity index (χ1v) is 21.1. The number of carbonyl (C=O) groups is 3. The number of esters is 1. The van der Waals surface area contributed by atoms with Gasteiger partial charge in [0.15, 0.2) is 11.8 Å². The monoisotopic (exact) mass is 759 g/mol. The second kappa shape index (κ2) is 13.1. The Morgan fingerprint density at radius 1 is 0.927 bits per heavy atom. The number of epoxide rings is 1. The predicted molar refractivity (Wildman–Crippen MR) is 198 cm³/mol. The molecule has 0 aromatic heterocycles. The number of benzene rings is 1. The molecule has 55 heavy (non-hydrogen) atoms. The molecule has 2 amide bonds. The minimum absolute atomic E-state index is 0.0448. The molecule has 0 spiro atoms. The fourth-order valence-corrected chi connectivity index (χ4v) is 11.7. The molecule has 4 saturated heterocycles. The molecule has 0 radical (unpaired) electrons. The van der Waals surface area contributed by atoms with Crippen molar-refractivity contribution in [1.29, 1.82) is 0 Å². The third-order valence-corrected chi connectivity index (χ3v) is 15.0. The van der Waals surface area contributed by atoms with Gasteiger partial charge < -0.3 is 34.7 Å². The van der Waals surface area contributed by atoms with Crippen molar-refractivity contribution in [2.75, 3.05) is 19.7 Å². The molecule has 10 unspecified atom stereocenters. The first kappa shape index (κ1) is 36.5. The Morgan fingerprint density at radius 2 is 1.67 bits per heavy atom. The van der Waals surface area contributed by atoms with Gasteiger partial charge in [-0.15, -0.1) is 0 Å². The second-order valence-corrected chi connectivity index (χ2v) is 19.1. The van der Waals surface area contributed by atoms with Crippen molar-refractivity contribution in [1.82, 2.24) is 15.7 Å². The van der Waals surface area contributed by atoms with Crippen LogP contribution in [-0.4, -0.2) is 95.6 Å². The van der Waals surface area contributed by atoms with E-state index >= 15 is 0 Å². The third kappa shape index (κ3) is 6.02. The Morgan fingerprint density at radius 3 is 2.38 bits per heavy atom. The lowest BCUT2D eigenvalue weighted by Crippen LogP contribution is -2.69. The summed E-state index contributed by atoms with van der Waals surface area (Å²) < 4.78 is 26.2. The Kier molecular flexibility index (Phi) is 8.67. The van der Waals surface area contributed by atoms with Crippen LogP contribution in [-0.2, 0) is 44.7 Å². The van der Waals surface area contributed by atoms with Gasteiger partial charge in [0.25, 0.3) is 0 Å². The van der Waals surface area contributed by atoms with E-state index in [1.165, 1.54) is 18.4 Å². The first-order chi connectivity index (χ1) is 26.4. The summed E-state index contributed by atoms with van der Waals surface area (Å²) in [5, 5.41) is 16.3. The smallest absolute Gasteiger partial charge is 0.327 e. The number of allylic oxidation sites excluding steroid dienone is 1. The van der Waals surface area contributed by atoms with E-state index in [9.17, 15) is 14.4 Å². The Hall–Kier alpha value is -2.87. The zero-order valence-electron chi connectivity index (χ0n) is 32.4. The zero-order valence-corrected chi connectivity index (χ0v) is 32.4. The molecule has 12 nitrogen and oxygen atoms in total. The highest BCUT2D eigenvalue weighted by atomic mass is 16.8. The van der Waals surface area contributed by atoms with E-state index in [2.05, 4.69) is 61.7 Å². The van der Waals surface area contributed by atoms with Crippen LogP contribution in [0.15, 0.2) is 29.8 Å². The maximum absolute atomic E-state index is 14.5. The van der Waals surface area contributed by atoms with Crippen molar-refractivity contribution >= 4 is 23.9 Å². The average molecular weight is 760 g/mol. The van der Waals surface area contributed by atoms with Gasteiger partial charge in [0.2, 0.25) is 11.8 Å². The SMILES string of the molecule is CC1(C)CC2C(=Cc3ccc(CN4OC5C6OC(C7CC7)(C7CC7)OC6C6CC5(C(=O)NCCC(=O)NCCO)C4C(=O)O6)cc3)CCC3OC3(C)CCC21. The lowest BCUT2D eigenvalue weighted by Gasteiger charge is -2.53. The number of amides is 2. The lowest BCUT2D eigenvalue weighted by molar-refractivity contribution is -0.235. The van der Waals surface area contributed by atoms with Gasteiger partial charge >= 0.3 is 5.97 Å². The van der Waals surface area contributed by atoms with Crippen LogP contribution in [0.2, 0.25) is 0 Å². The Labute approximate surface area is 323 Å². The highest BCUT2D eigenvalue weighted by Gasteiger charge is 2.78. The molecule has 1 aromatic rings. The molecule has 298 valence electrons. The molecule has 3 N–H and O–H groups in total. The van der Waals surface area contributed by atoms with E-state index in [0.29, 0.717) is 35.2 Å². The number of ether oxygens (including phenoxy) is 4. The summed E-state index contributed by atoms with van der Waals surface area (Å²) in [6.45, 7) is 7.47. The highest BCUT2D eigenvalue weighted by Crippen LogP contribution is 2.64. The topological polar surface area (TPSA) is 148 Å². The van der Waals surface area contributed by atoms with Crippen molar-refractivity contribution in [3.63, 3.8) is 0 Å². The molecule has 9 fully saturated rings. The predicted octanol–water partition coefficient (Wildman–Crippen LogP) is 4.18. The number of hydroxylamine groups is 2. The number of carbonyl (C=O) groups excluding carboxylic acids is 3. The van der Waals surface area contributed by atoms with Crippen LogP contribution < -0.4 is 10.6 Å². The maximum atomic E-state index is 14.5. The van der Waals surface area contributed by atoms with Crippen molar-refractivity contribution in [3.8, 4) is 0 Å². The van der Waals surface area contributed by atoms with E-state index in [1.54, 1.807) is 5.06 Å². The average Bonchev–Trinajstić information content (AvgIpc) is 4.10. The van der Waals surface area contributed by atoms with E-state index in [4.69, 9.17) is 28.9 Å². The van der Waals surface area contributed by atoms with Crippen LogP contribution in [0, 0.1) is 34.5 Å². The van der Waals surface area contributed by atoms with Crippen LogP contribution in [0.25, 0.3) is 6.08 Å². The highest BCUT2D eigenvalue weighted by molar-refractivity contribution is 5.94. The van der Waals surface area contributed by atoms with Gasteiger partial charge in [-0.25, -0.2) is 0 Å². The molecule has 12 heteroatoms. The number of hydrogen-bond acceptors (Lipinski definition) is 10. The fourth-order valence-electron chi connectivity index (χ4n) is 11.7. The zero-order chi connectivity index (χ0) is 37.9. The molecule has 10 rings (SSSR count). The van der Waals surface area contributed by atoms with Crippen molar-refractivity contribution < 1.29 is 43.3 Å². The summed E-state index contributed by atoms with van der Waals surface area (Å²) >= 11 is 0. The van der Waals surface area contributed by atoms with Gasteiger partial charge in [-0.05, 0) is 93.1 Å². The number of nitrogens with zero attached hydrogens (tertiary/aromatic N) is 1. The molecule has 9 aliphatic rings. The molecular formula is C43H57N3O9. The summed E-state index contributed by atoms with van der Waals surface area (Å²) in [6.07, 6.45) is 10.4. The lowest BCUT2D eigenvalue weighted by atomic mass is 9.52.